The van der Waals surface area contributed by atoms with E-state index in [0.717, 1.165) is 23.1 Å². The summed E-state index contributed by atoms with van der Waals surface area (Å²) in [4.78, 5) is 30.4. The number of anilines is 2. The molecule has 2 unspecified atom stereocenters. The molecule has 1 aromatic heterocycles. The topological polar surface area (TPSA) is 161 Å². The number of alkyl halides is 1. The van der Waals surface area contributed by atoms with Crippen LogP contribution in [0.1, 0.15) is 42.6 Å². The summed E-state index contributed by atoms with van der Waals surface area (Å²) in [7, 11) is -3.38. The van der Waals surface area contributed by atoms with Crippen LogP contribution in [0.2, 0.25) is 0 Å². The molecule has 1 aromatic carbocycles. The lowest BCUT2D eigenvalue weighted by Gasteiger charge is -2.33. The second-order valence-electron chi connectivity index (χ2n) is 9.86. The number of nitrogens with one attached hydrogen (secondary N) is 3. The maximum absolute atomic E-state index is 14.8. The molecule has 0 spiro atoms. The summed E-state index contributed by atoms with van der Waals surface area (Å²) >= 11 is 0. The number of carbonyl (C=O) groups is 2. The number of rotatable bonds is 12. The van der Waals surface area contributed by atoms with Gasteiger partial charge in [0.1, 0.15) is 23.7 Å². The van der Waals surface area contributed by atoms with E-state index in [-0.39, 0.29) is 49.2 Å². The number of carbonyl (C=O) groups excluding carboxylic acids is 1. The molecule has 2 heterocycles. The minimum atomic E-state index is -3.38. The van der Waals surface area contributed by atoms with E-state index in [1.807, 2.05) is 19.9 Å². The van der Waals surface area contributed by atoms with Gasteiger partial charge in [-0.1, -0.05) is 37.3 Å². The number of sulfone groups is 1. The van der Waals surface area contributed by atoms with Crippen molar-refractivity contribution < 1.29 is 32.6 Å². The van der Waals surface area contributed by atoms with Crippen LogP contribution in [0.5, 0.6) is 0 Å². The highest BCUT2D eigenvalue weighted by Gasteiger charge is 2.45. The molecule has 5 N–H and O–H groups in total. The monoisotopic (exact) mass is 601 g/mol. The number of hydrogen-bond donors (Lipinski definition) is 5. The third kappa shape index (κ3) is 9.20. The zero-order chi connectivity index (χ0) is 28.7. The van der Waals surface area contributed by atoms with Gasteiger partial charge >= 0.3 is 6.09 Å². The number of aliphatic hydroxyl groups excluding tert-OH is 1. The van der Waals surface area contributed by atoms with Gasteiger partial charge in [-0.2, -0.15) is 0 Å². The van der Waals surface area contributed by atoms with Gasteiger partial charge in [0, 0.05) is 24.4 Å². The van der Waals surface area contributed by atoms with Crippen molar-refractivity contribution in [2.24, 2.45) is 0 Å². The van der Waals surface area contributed by atoms with E-state index in [2.05, 4.69) is 20.9 Å². The van der Waals surface area contributed by atoms with Gasteiger partial charge in [-0.3, -0.25) is 9.69 Å². The molecular weight excluding hydrogens is 565 g/mol. The highest BCUT2D eigenvalue weighted by molar-refractivity contribution is 7.90. The second kappa shape index (κ2) is 14.5. The molecule has 0 saturated carbocycles. The average molecular weight is 602 g/mol. The lowest BCUT2D eigenvalue weighted by atomic mass is 9.94. The Morgan fingerprint density at radius 3 is 2.45 bits per heavy atom. The first-order valence-electron chi connectivity index (χ1n) is 12.7. The number of pyridine rings is 1. The number of amides is 2. The Hall–Kier alpha value is -3.16. The van der Waals surface area contributed by atoms with Crippen molar-refractivity contribution in [2.75, 3.05) is 29.3 Å². The van der Waals surface area contributed by atoms with Crippen LogP contribution in [0.3, 0.4) is 0 Å². The molecule has 1 aliphatic rings. The highest BCUT2D eigenvalue weighted by Crippen LogP contribution is 2.27. The van der Waals surface area contributed by atoms with Crippen molar-refractivity contribution >= 4 is 45.9 Å². The molecule has 14 heteroatoms. The Kier molecular flexibility index (Phi) is 12.0. The number of likely N-dealkylation sites (tertiary alicyclic amines) is 1. The molecular formula is C26H37ClFN5O6S. The van der Waals surface area contributed by atoms with Crippen LogP contribution in [-0.2, 0) is 16.3 Å². The van der Waals surface area contributed by atoms with Crippen LogP contribution < -0.4 is 16.0 Å². The fraction of sp³-hybridized carbons (Fsp3) is 0.500. The standard InChI is InChI=1S/C26H36FN5O6S.ClH/c1-4-16(2)29-22-14-18(13-21(31-22)28-15-39(3,37)38)25(34)30-20(12-17-8-6-5-7-9-17)24(33)23-19(27)10-11-32(23)26(35)36;/h5-9,13-14,16,19-20,23-24,33H,4,10-12,15H2,1-3H3,(H,30,34)(H,35,36)(H2,28,29,31);1H/t16?,19-,20?,23+,24-;/m0./s1. The minimum Gasteiger partial charge on any atom is -0.465 e. The number of halogens is 2. The van der Waals surface area contributed by atoms with Crippen molar-refractivity contribution in [3.05, 3.63) is 53.6 Å². The Morgan fingerprint density at radius 1 is 1.20 bits per heavy atom. The van der Waals surface area contributed by atoms with E-state index in [4.69, 9.17) is 0 Å². The maximum Gasteiger partial charge on any atom is 0.407 e. The summed E-state index contributed by atoms with van der Waals surface area (Å²) in [6.07, 6.45) is -2.58. The summed E-state index contributed by atoms with van der Waals surface area (Å²) in [6, 6.07) is 9.46. The first-order valence-corrected chi connectivity index (χ1v) is 14.8. The van der Waals surface area contributed by atoms with E-state index in [1.165, 1.54) is 12.1 Å². The molecule has 0 aliphatic carbocycles. The fourth-order valence-electron chi connectivity index (χ4n) is 4.40. The Labute approximate surface area is 239 Å². The Balaban J connectivity index is 0.00000560. The zero-order valence-electron chi connectivity index (χ0n) is 22.6. The van der Waals surface area contributed by atoms with Gasteiger partial charge in [0.15, 0.2) is 9.84 Å². The number of aliphatic hydroxyl groups is 1. The lowest BCUT2D eigenvalue weighted by molar-refractivity contribution is 0.0205. The summed E-state index contributed by atoms with van der Waals surface area (Å²) < 4.78 is 38.1. The smallest absolute Gasteiger partial charge is 0.407 e. The largest absolute Gasteiger partial charge is 0.465 e. The van der Waals surface area contributed by atoms with Crippen LogP contribution in [0.25, 0.3) is 0 Å². The van der Waals surface area contributed by atoms with E-state index in [9.17, 15) is 32.6 Å². The summed E-state index contributed by atoms with van der Waals surface area (Å²) in [5.74, 6) is -0.531. The number of carboxylic acid groups (broad SMARTS) is 1. The number of aromatic nitrogens is 1. The van der Waals surface area contributed by atoms with Gasteiger partial charge in [0.05, 0.1) is 18.2 Å². The predicted octanol–water partition coefficient (Wildman–Crippen LogP) is 2.92. The van der Waals surface area contributed by atoms with Crippen LogP contribution in [0.15, 0.2) is 42.5 Å². The summed E-state index contributed by atoms with van der Waals surface area (Å²) in [5, 5.41) is 29.4. The highest BCUT2D eigenvalue weighted by atomic mass is 35.5. The van der Waals surface area contributed by atoms with Crippen molar-refractivity contribution in [3.8, 4) is 0 Å². The molecule has 5 atom stereocenters. The van der Waals surface area contributed by atoms with Crippen molar-refractivity contribution in [2.45, 2.75) is 63.5 Å². The predicted molar refractivity (Wildman–Crippen MR) is 154 cm³/mol. The molecule has 11 nitrogen and oxygen atoms in total. The zero-order valence-corrected chi connectivity index (χ0v) is 24.2. The fourth-order valence-corrected chi connectivity index (χ4v) is 4.81. The quantitative estimate of drug-likeness (QED) is 0.246. The van der Waals surface area contributed by atoms with Crippen LogP contribution in [-0.4, -0.2) is 89.6 Å². The third-order valence-corrected chi connectivity index (χ3v) is 7.28. The van der Waals surface area contributed by atoms with Gasteiger partial charge in [0.2, 0.25) is 0 Å². The molecule has 0 bridgehead atoms. The average Bonchev–Trinajstić information content (AvgIpc) is 3.28. The van der Waals surface area contributed by atoms with Crippen LogP contribution >= 0.6 is 12.4 Å². The van der Waals surface area contributed by atoms with Gasteiger partial charge in [-0.05, 0) is 43.9 Å². The third-order valence-electron chi connectivity index (χ3n) is 6.61. The molecule has 0 radical (unpaired) electrons. The van der Waals surface area contributed by atoms with E-state index < -0.39 is 52.1 Å². The molecule has 1 saturated heterocycles. The molecule has 222 valence electrons. The molecule has 2 aromatic rings. The van der Waals surface area contributed by atoms with Gasteiger partial charge in [-0.25, -0.2) is 22.6 Å². The van der Waals surface area contributed by atoms with Gasteiger partial charge < -0.3 is 26.2 Å². The lowest BCUT2D eigenvalue weighted by Crippen LogP contribution is -2.56. The normalized spacial score (nSPS) is 19.2. The van der Waals surface area contributed by atoms with E-state index >= 15 is 0 Å². The summed E-state index contributed by atoms with van der Waals surface area (Å²) in [5.41, 5.74) is 0.872. The Morgan fingerprint density at radius 2 is 1.85 bits per heavy atom. The SMILES string of the molecule is CCC(C)Nc1cc(C(=O)NC(Cc2ccccc2)[C@H](O)[C@H]2[C@@H](F)CCN2C(=O)O)cc(NCS(C)(=O)=O)n1.Cl. The molecule has 40 heavy (non-hydrogen) atoms. The number of hydrogen-bond acceptors (Lipinski definition) is 8. The summed E-state index contributed by atoms with van der Waals surface area (Å²) in [6.45, 7) is 3.83. The van der Waals surface area contributed by atoms with Crippen molar-refractivity contribution in [3.63, 3.8) is 0 Å². The van der Waals surface area contributed by atoms with E-state index in [0.29, 0.717) is 5.82 Å². The van der Waals surface area contributed by atoms with Crippen LogP contribution in [0.4, 0.5) is 20.8 Å². The van der Waals surface area contributed by atoms with Crippen LogP contribution in [0, 0.1) is 0 Å². The molecule has 1 aliphatic heterocycles. The van der Waals surface area contributed by atoms with Gasteiger partial charge in [0.25, 0.3) is 5.91 Å². The molecule has 1 fully saturated rings. The van der Waals surface area contributed by atoms with Crippen molar-refractivity contribution in [1.29, 1.82) is 0 Å². The maximum atomic E-state index is 14.8. The second-order valence-corrected chi connectivity index (χ2v) is 12.0. The number of nitrogens with zero attached hydrogens (tertiary/aromatic N) is 2. The number of benzene rings is 1. The Bertz CT molecular complexity index is 1260. The van der Waals surface area contributed by atoms with Gasteiger partial charge in [-0.15, -0.1) is 12.4 Å². The minimum absolute atomic E-state index is 0. The first-order chi connectivity index (χ1) is 18.4. The van der Waals surface area contributed by atoms with Crippen molar-refractivity contribution in [1.82, 2.24) is 15.2 Å². The van der Waals surface area contributed by atoms with E-state index in [1.54, 1.807) is 24.3 Å². The first kappa shape index (κ1) is 33.0. The molecule has 3 rings (SSSR count). The molecule has 2 amide bonds.